The van der Waals surface area contributed by atoms with Gasteiger partial charge in [0.1, 0.15) is 17.9 Å². The molecule has 4 fully saturated rings. The van der Waals surface area contributed by atoms with Crippen molar-refractivity contribution >= 4 is 64.3 Å². The van der Waals surface area contributed by atoms with E-state index in [0.29, 0.717) is 74.0 Å². The normalized spacial score (nSPS) is 21.9. The van der Waals surface area contributed by atoms with Gasteiger partial charge in [0.05, 0.1) is 45.5 Å². The van der Waals surface area contributed by atoms with E-state index in [0.717, 1.165) is 49.1 Å². The number of hydrogen-bond donors (Lipinski definition) is 2. The Kier molecular flexibility index (Phi) is 10.9. The first kappa shape index (κ1) is 39.0. The van der Waals surface area contributed by atoms with Gasteiger partial charge in [0, 0.05) is 83.6 Å². The summed E-state index contributed by atoms with van der Waals surface area (Å²) in [5.41, 5.74) is 2.11. The van der Waals surface area contributed by atoms with Crippen LogP contribution in [0, 0.1) is 23.1 Å². The molecule has 18 heteroatoms. The lowest BCUT2D eigenvalue weighted by Gasteiger charge is -2.41. The van der Waals surface area contributed by atoms with E-state index in [-0.39, 0.29) is 41.7 Å². The maximum absolute atomic E-state index is 15.4. The van der Waals surface area contributed by atoms with Gasteiger partial charge in [-0.3, -0.25) is 34.3 Å². The lowest BCUT2D eigenvalue weighted by molar-refractivity contribution is -0.136. The molecular formula is C40H43ClFN11O5. The smallest absolute Gasteiger partial charge is 0.322 e. The predicted molar refractivity (Wildman–Crippen MR) is 212 cm³/mol. The Morgan fingerprint density at radius 1 is 0.931 bits per heavy atom. The zero-order chi connectivity index (χ0) is 40.7. The Balaban J connectivity index is 0.780. The molecule has 2 aromatic carbocycles. The number of nitrogens with zero attached hydrogens (tertiary/aromatic N) is 9. The van der Waals surface area contributed by atoms with Crippen molar-refractivity contribution in [2.45, 2.75) is 44.7 Å². The number of fused-ring (bicyclic) bond motifs is 1. The van der Waals surface area contributed by atoms with Crippen molar-refractivity contribution in [2.75, 3.05) is 85.5 Å². The summed E-state index contributed by atoms with van der Waals surface area (Å²) in [6, 6.07) is 8.69. The number of imide groups is 2. The highest BCUT2D eigenvalue weighted by Crippen LogP contribution is 2.34. The van der Waals surface area contributed by atoms with E-state index in [4.69, 9.17) is 11.6 Å². The Labute approximate surface area is 339 Å². The van der Waals surface area contributed by atoms with Crippen LogP contribution < -0.4 is 25.3 Å². The molecule has 2 atom stereocenters. The van der Waals surface area contributed by atoms with E-state index in [1.54, 1.807) is 29.4 Å². The summed E-state index contributed by atoms with van der Waals surface area (Å²) < 4.78 is 15.4. The topological polar surface area (TPSA) is 178 Å². The maximum atomic E-state index is 15.4. The Morgan fingerprint density at radius 3 is 2.29 bits per heavy atom. The third-order valence-corrected chi connectivity index (χ3v) is 12.2. The van der Waals surface area contributed by atoms with E-state index in [1.165, 1.54) is 6.07 Å². The summed E-state index contributed by atoms with van der Waals surface area (Å²) in [7, 11) is 0. The van der Waals surface area contributed by atoms with E-state index < -0.39 is 35.5 Å². The van der Waals surface area contributed by atoms with Crippen LogP contribution in [0.3, 0.4) is 0 Å². The molecule has 58 heavy (non-hydrogen) atoms. The number of nitriles is 1. The van der Waals surface area contributed by atoms with Crippen molar-refractivity contribution in [3.63, 3.8) is 0 Å². The van der Waals surface area contributed by atoms with Crippen molar-refractivity contribution in [3.05, 3.63) is 70.3 Å². The molecule has 4 saturated heterocycles. The van der Waals surface area contributed by atoms with E-state index in [2.05, 4.69) is 41.4 Å². The molecule has 16 nitrogen and oxygen atoms in total. The quantitative estimate of drug-likeness (QED) is 0.334. The van der Waals surface area contributed by atoms with Gasteiger partial charge in [0.25, 0.3) is 11.8 Å². The maximum Gasteiger partial charge on any atom is 0.322 e. The van der Waals surface area contributed by atoms with Crippen molar-refractivity contribution < 1.29 is 28.4 Å². The Morgan fingerprint density at radius 2 is 1.64 bits per heavy atom. The van der Waals surface area contributed by atoms with Crippen molar-refractivity contribution in [1.82, 2.24) is 30.0 Å². The Bertz CT molecular complexity index is 2190. The van der Waals surface area contributed by atoms with Gasteiger partial charge in [-0.05, 0) is 62.4 Å². The molecule has 0 unspecified atom stereocenters. The molecule has 0 radical (unpaired) electrons. The first-order valence-electron chi connectivity index (χ1n) is 19.6. The van der Waals surface area contributed by atoms with Gasteiger partial charge in [0.2, 0.25) is 17.8 Å². The highest BCUT2D eigenvalue weighted by molar-refractivity contribution is 6.32. The van der Waals surface area contributed by atoms with E-state index in [1.807, 2.05) is 17.9 Å². The zero-order valence-electron chi connectivity index (χ0n) is 32.0. The summed E-state index contributed by atoms with van der Waals surface area (Å²) in [5.74, 6) is -2.05. The van der Waals surface area contributed by atoms with Crippen LogP contribution in [0.5, 0.6) is 0 Å². The number of rotatable bonds is 7. The number of carbonyl (C=O) groups is 5. The predicted octanol–water partition coefficient (Wildman–Crippen LogP) is 3.32. The molecule has 0 aliphatic carbocycles. The molecular weight excluding hydrogens is 769 g/mol. The highest BCUT2D eigenvalue weighted by Gasteiger charge is 2.45. The molecule has 2 N–H and O–H groups in total. The lowest BCUT2D eigenvalue weighted by Crippen LogP contribution is -2.54. The molecule has 0 saturated carbocycles. The van der Waals surface area contributed by atoms with Gasteiger partial charge in [-0.1, -0.05) is 11.6 Å². The fourth-order valence-electron chi connectivity index (χ4n) is 8.62. The van der Waals surface area contributed by atoms with Gasteiger partial charge in [-0.25, -0.2) is 19.2 Å². The first-order chi connectivity index (χ1) is 28.0. The molecule has 0 bridgehead atoms. The van der Waals surface area contributed by atoms with Crippen LogP contribution in [0.4, 0.5) is 32.2 Å². The van der Waals surface area contributed by atoms with Crippen LogP contribution in [0.25, 0.3) is 0 Å². The third-order valence-electron chi connectivity index (χ3n) is 11.8. The third kappa shape index (κ3) is 7.73. The number of carbonyl (C=O) groups excluding carboxylic acids is 5. The first-order valence-corrected chi connectivity index (χ1v) is 20.0. The summed E-state index contributed by atoms with van der Waals surface area (Å²) in [6.45, 7) is 8.72. The minimum atomic E-state index is -1.10. The van der Waals surface area contributed by atoms with Crippen molar-refractivity contribution in [2.24, 2.45) is 5.92 Å². The van der Waals surface area contributed by atoms with E-state index in [9.17, 15) is 29.2 Å². The number of anilines is 4. The summed E-state index contributed by atoms with van der Waals surface area (Å²) >= 11 is 6.26. The molecule has 5 aliphatic rings. The van der Waals surface area contributed by atoms with Gasteiger partial charge in [-0.15, -0.1) is 0 Å². The summed E-state index contributed by atoms with van der Waals surface area (Å²) in [6.07, 6.45) is 5.24. The SMILES string of the molecule is C[C@H]1CN(C(=O)Nc2cnc(N3CCC(CN4CCN(c5cc6c(cc5F)C(=O)N([C@H]5CCC(=O)NC5=O)C6=O)CC4)CC3)nc2)CCN1c1ccc(C#N)c(Cl)c1. The molecule has 5 aliphatic heterocycles. The van der Waals surface area contributed by atoms with Gasteiger partial charge >= 0.3 is 6.03 Å². The van der Waals surface area contributed by atoms with Crippen LogP contribution in [0.1, 0.15) is 58.9 Å². The number of hydrogen-bond acceptors (Lipinski definition) is 12. The van der Waals surface area contributed by atoms with Crippen LogP contribution in [-0.4, -0.2) is 132 Å². The molecule has 6 heterocycles. The molecule has 302 valence electrons. The number of aromatic nitrogens is 2. The van der Waals surface area contributed by atoms with Gasteiger partial charge < -0.3 is 24.9 Å². The number of urea groups is 1. The molecule has 1 aromatic heterocycles. The second kappa shape index (κ2) is 16.2. The van der Waals surface area contributed by atoms with Crippen LogP contribution in [-0.2, 0) is 9.59 Å². The second-order valence-corrected chi connectivity index (χ2v) is 15.9. The number of amides is 6. The molecule has 6 amide bonds. The zero-order valence-corrected chi connectivity index (χ0v) is 32.8. The van der Waals surface area contributed by atoms with Gasteiger partial charge in [0.15, 0.2) is 0 Å². The minimum Gasteiger partial charge on any atom is -0.367 e. The average molecular weight is 812 g/mol. The lowest BCUT2D eigenvalue weighted by atomic mass is 9.96. The molecule has 3 aromatic rings. The second-order valence-electron chi connectivity index (χ2n) is 15.5. The fourth-order valence-corrected chi connectivity index (χ4v) is 8.84. The fraction of sp³-hybridized carbons (Fsp3) is 0.450. The number of piperazine rings is 2. The number of halogens is 2. The minimum absolute atomic E-state index is 0.0127. The summed E-state index contributed by atoms with van der Waals surface area (Å²) in [4.78, 5) is 83.9. The standard InChI is InChI=1S/C40H43ClFN11O5/c1-24-22-51(14-15-52(24)28-3-2-26(19-43)31(41)16-28)40(58)46-27-20-44-39(45-21-27)50-8-6-25(7-9-50)23-48-10-12-49(13-11-48)34-18-30-29(17-32(34)42)37(56)53(38(30)57)33-4-5-35(54)47-36(33)55/h2-3,16-18,20-21,24-25,33H,4-15,22-23H2,1H3,(H,46,58)(H,47,54,55)/t24-,33-/m0/s1. The number of benzene rings is 2. The Hall–Kier alpha value is -5.86. The molecule has 0 spiro atoms. The largest absolute Gasteiger partial charge is 0.367 e. The van der Waals surface area contributed by atoms with Crippen LogP contribution in [0.2, 0.25) is 5.02 Å². The van der Waals surface area contributed by atoms with Crippen molar-refractivity contribution in [1.29, 1.82) is 5.26 Å². The monoisotopic (exact) mass is 811 g/mol. The number of nitrogens with one attached hydrogen (secondary N) is 2. The van der Waals surface area contributed by atoms with Crippen LogP contribution in [0.15, 0.2) is 42.7 Å². The van der Waals surface area contributed by atoms with E-state index >= 15 is 4.39 Å². The summed E-state index contributed by atoms with van der Waals surface area (Å²) in [5, 5.41) is 14.7. The highest BCUT2D eigenvalue weighted by atomic mass is 35.5. The van der Waals surface area contributed by atoms with Gasteiger partial charge in [-0.2, -0.15) is 5.26 Å². The molecule has 8 rings (SSSR count). The van der Waals surface area contributed by atoms with Crippen LogP contribution >= 0.6 is 11.6 Å². The number of piperidine rings is 2. The van der Waals surface area contributed by atoms with Crippen molar-refractivity contribution in [3.8, 4) is 6.07 Å². The average Bonchev–Trinajstić information content (AvgIpc) is 3.45.